The summed E-state index contributed by atoms with van der Waals surface area (Å²) >= 11 is 0. The Morgan fingerprint density at radius 2 is 2.00 bits per heavy atom. The number of sulfone groups is 1. The van der Waals surface area contributed by atoms with Gasteiger partial charge in [0.1, 0.15) is 21.6 Å². The molecule has 0 aliphatic heterocycles. The quantitative estimate of drug-likeness (QED) is 0.630. The summed E-state index contributed by atoms with van der Waals surface area (Å²) in [6.07, 6.45) is 2.55. The van der Waals surface area contributed by atoms with Crippen LogP contribution in [0, 0.1) is 0 Å². The zero-order valence-corrected chi connectivity index (χ0v) is 14.6. The van der Waals surface area contributed by atoms with E-state index in [1.807, 2.05) is 0 Å². The molecule has 1 aromatic rings. The summed E-state index contributed by atoms with van der Waals surface area (Å²) in [5, 5.41) is 5.12. The van der Waals surface area contributed by atoms with Crippen molar-refractivity contribution >= 4 is 21.7 Å². The largest absolute Gasteiger partial charge is 0.496 e. The number of para-hydroxylation sites is 1. The lowest BCUT2D eigenvalue weighted by Gasteiger charge is -2.18. The molecule has 7 nitrogen and oxygen atoms in total. The van der Waals surface area contributed by atoms with E-state index in [4.69, 9.17) is 4.74 Å². The minimum Gasteiger partial charge on any atom is -0.496 e. The molecular weight excluding hydrogens is 332 g/mol. The van der Waals surface area contributed by atoms with Gasteiger partial charge in [-0.15, -0.1) is 6.58 Å². The predicted molar refractivity (Wildman–Crippen MR) is 91.8 cm³/mol. The third kappa shape index (κ3) is 6.41. The molecule has 0 aromatic heterocycles. The van der Waals surface area contributed by atoms with Gasteiger partial charge in [0.05, 0.1) is 18.4 Å². The molecule has 24 heavy (non-hydrogen) atoms. The van der Waals surface area contributed by atoms with Crippen molar-refractivity contribution in [2.75, 3.05) is 25.7 Å². The Hall–Kier alpha value is -2.35. The Morgan fingerprint density at radius 3 is 2.58 bits per heavy atom. The highest BCUT2D eigenvalue weighted by Gasteiger charge is 2.23. The molecule has 132 valence electrons. The summed E-state index contributed by atoms with van der Waals surface area (Å²) in [5.74, 6) is -0.837. The molecule has 0 bridgehead atoms. The smallest absolute Gasteiger partial charge is 0.255 e. The van der Waals surface area contributed by atoms with Crippen molar-refractivity contribution < 1.29 is 22.7 Å². The van der Waals surface area contributed by atoms with E-state index in [-0.39, 0.29) is 24.3 Å². The fraction of sp³-hybridized carbons (Fsp3) is 0.375. The number of hydrogen-bond acceptors (Lipinski definition) is 5. The topological polar surface area (TPSA) is 102 Å². The van der Waals surface area contributed by atoms with Crippen LogP contribution in [0.3, 0.4) is 0 Å². The first-order chi connectivity index (χ1) is 11.3. The molecule has 8 heteroatoms. The standard InChI is InChI=1S/C16H22N2O5S/c1-4-10-17-16(20)13(9-11-24(3,21)22)18-15(19)12-7-5-6-8-14(12)23-2/h4-8,13H,1,9-11H2,2-3H3,(H,17,20)(H,18,19)/t13-/m1/s1. The monoisotopic (exact) mass is 354 g/mol. The fourth-order valence-corrected chi connectivity index (χ4v) is 2.63. The SMILES string of the molecule is C=CCNC(=O)[C@@H](CCS(C)(=O)=O)NC(=O)c1ccccc1OC. The number of carbonyl (C=O) groups is 2. The van der Waals surface area contributed by atoms with Crippen molar-refractivity contribution in [1.82, 2.24) is 10.6 Å². The summed E-state index contributed by atoms with van der Waals surface area (Å²) in [4.78, 5) is 24.5. The molecular formula is C16H22N2O5S. The number of carbonyl (C=O) groups excluding carboxylic acids is 2. The van der Waals surface area contributed by atoms with E-state index in [1.165, 1.54) is 13.2 Å². The third-order valence-corrected chi connectivity index (χ3v) is 4.15. The van der Waals surface area contributed by atoms with Crippen LogP contribution in [-0.4, -0.2) is 51.9 Å². The van der Waals surface area contributed by atoms with E-state index in [1.54, 1.807) is 24.3 Å². The maximum atomic E-state index is 12.4. The van der Waals surface area contributed by atoms with Gasteiger partial charge in [-0.3, -0.25) is 9.59 Å². The van der Waals surface area contributed by atoms with Crippen molar-refractivity contribution in [3.05, 3.63) is 42.5 Å². The highest BCUT2D eigenvalue weighted by atomic mass is 32.2. The average molecular weight is 354 g/mol. The molecule has 0 aliphatic rings. The van der Waals surface area contributed by atoms with Crippen molar-refractivity contribution in [3.8, 4) is 5.75 Å². The van der Waals surface area contributed by atoms with Gasteiger partial charge in [-0.2, -0.15) is 0 Å². The maximum Gasteiger partial charge on any atom is 0.255 e. The molecule has 2 amide bonds. The molecule has 0 aliphatic carbocycles. The van der Waals surface area contributed by atoms with E-state index in [0.717, 1.165) is 6.26 Å². The number of benzene rings is 1. The van der Waals surface area contributed by atoms with Gasteiger partial charge in [-0.05, 0) is 18.6 Å². The summed E-state index contributed by atoms with van der Waals surface area (Å²) in [6.45, 7) is 3.71. The second-order valence-electron chi connectivity index (χ2n) is 5.18. The Labute approximate surface area is 142 Å². The number of rotatable bonds is 9. The maximum absolute atomic E-state index is 12.4. The molecule has 0 saturated heterocycles. The lowest BCUT2D eigenvalue weighted by atomic mass is 10.1. The van der Waals surface area contributed by atoms with Crippen molar-refractivity contribution in [1.29, 1.82) is 0 Å². The van der Waals surface area contributed by atoms with Crippen LogP contribution >= 0.6 is 0 Å². The molecule has 0 spiro atoms. The van der Waals surface area contributed by atoms with Crippen LogP contribution in [0.4, 0.5) is 0 Å². The van der Waals surface area contributed by atoms with Crippen LogP contribution in [0.2, 0.25) is 0 Å². The van der Waals surface area contributed by atoms with E-state index in [0.29, 0.717) is 5.75 Å². The van der Waals surface area contributed by atoms with Crippen molar-refractivity contribution in [2.45, 2.75) is 12.5 Å². The second-order valence-corrected chi connectivity index (χ2v) is 7.44. The zero-order chi connectivity index (χ0) is 18.2. The lowest BCUT2D eigenvalue weighted by molar-refractivity contribution is -0.122. The number of nitrogens with one attached hydrogen (secondary N) is 2. The van der Waals surface area contributed by atoms with E-state index in [2.05, 4.69) is 17.2 Å². The molecule has 0 unspecified atom stereocenters. The predicted octanol–water partition coefficient (Wildman–Crippen LogP) is 0.531. The number of methoxy groups -OCH3 is 1. The molecule has 0 fully saturated rings. The van der Waals surface area contributed by atoms with Gasteiger partial charge in [0, 0.05) is 12.8 Å². The Kier molecular flexibility index (Phi) is 7.44. The molecule has 1 rings (SSSR count). The second kappa shape index (κ2) is 9.07. The lowest BCUT2D eigenvalue weighted by Crippen LogP contribution is -2.47. The first-order valence-electron chi connectivity index (χ1n) is 7.28. The van der Waals surface area contributed by atoms with Crippen molar-refractivity contribution in [2.24, 2.45) is 0 Å². The highest BCUT2D eigenvalue weighted by molar-refractivity contribution is 7.90. The van der Waals surface area contributed by atoms with E-state index >= 15 is 0 Å². The van der Waals surface area contributed by atoms with Crippen LogP contribution in [0.5, 0.6) is 5.75 Å². The Morgan fingerprint density at radius 1 is 1.33 bits per heavy atom. The van der Waals surface area contributed by atoms with Crippen LogP contribution in [-0.2, 0) is 14.6 Å². The minimum atomic E-state index is -3.26. The van der Waals surface area contributed by atoms with Crippen LogP contribution < -0.4 is 15.4 Å². The summed E-state index contributed by atoms with van der Waals surface area (Å²) in [6, 6.07) is 5.59. The Balaban J connectivity index is 2.91. The third-order valence-electron chi connectivity index (χ3n) is 3.17. The summed E-state index contributed by atoms with van der Waals surface area (Å²) in [7, 11) is -1.83. The molecule has 0 heterocycles. The normalized spacial score (nSPS) is 12.1. The van der Waals surface area contributed by atoms with Gasteiger partial charge < -0.3 is 15.4 Å². The molecule has 1 aromatic carbocycles. The average Bonchev–Trinajstić information content (AvgIpc) is 2.55. The number of amides is 2. The van der Waals surface area contributed by atoms with E-state index < -0.39 is 27.7 Å². The first kappa shape index (κ1) is 19.7. The Bertz CT molecular complexity index is 700. The highest BCUT2D eigenvalue weighted by Crippen LogP contribution is 2.17. The first-order valence-corrected chi connectivity index (χ1v) is 9.34. The summed E-state index contributed by atoms with van der Waals surface area (Å²) < 4.78 is 27.8. The van der Waals surface area contributed by atoms with Crippen molar-refractivity contribution in [3.63, 3.8) is 0 Å². The number of hydrogen-bond donors (Lipinski definition) is 2. The van der Waals surface area contributed by atoms with E-state index in [9.17, 15) is 18.0 Å². The van der Waals surface area contributed by atoms with Gasteiger partial charge in [0.25, 0.3) is 5.91 Å². The number of ether oxygens (including phenoxy) is 1. The minimum absolute atomic E-state index is 0.0251. The molecule has 1 atom stereocenters. The van der Waals surface area contributed by atoms with Crippen LogP contribution in [0.15, 0.2) is 36.9 Å². The van der Waals surface area contributed by atoms with Crippen LogP contribution in [0.1, 0.15) is 16.8 Å². The van der Waals surface area contributed by atoms with Gasteiger partial charge in [-0.25, -0.2) is 8.42 Å². The molecule has 2 N–H and O–H groups in total. The van der Waals surface area contributed by atoms with Gasteiger partial charge in [0.15, 0.2) is 0 Å². The van der Waals surface area contributed by atoms with Crippen LogP contribution in [0.25, 0.3) is 0 Å². The van der Waals surface area contributed by atoms with Gasteiger partial charge >= 0.3 is 0 Å². The zero-order valence-electron chi connectivity index (χ0n) is 13.7. The fourth-order valence-electron chi connectivity index (χ4n) is 1.96. The molecule has 0 saturated carbocycles. The molecule has 0 radical (unpaired) electrons. The van der Waals surface area contributed by atoms with Gasteiger partial charge in [0.2, 0.25) is 5.91 Å². The summed E-state index contributed by atoms with van der Waals surface area (Å²) in [5.41, 5.74) is 0.265. The van der Waals surface area contributed by atoms with Gasteiger partial charge in [-0.1, -0.05) is 18.2 Å².